The summed E-state index contributed by atoms with van der Waals surface area (Å²) in [6.45, 7) is 8.11. The zero-order valence-corrected chi connectivity index (χ0v) is 16.1. The first-order valence-corrected chi connectivity index (χ1v) is 10.5. The van der Waals surface area contributed by atoms with Gasteiger partial charge >= 0.3 is 145 Å². The first-order valence-electron chi connectivity index (χ1n) is 8.38. The van der Waals surface area contributed by atoms with Crippen LogP contribution in [0.15, 0.2) is 30.3 Å². The van der Waals surface area contributed by atoms with Gasteiger partial charge in [-0.05, 0) is 0 Å². The van der Waals surface area contributed by atoms with Crippen molar-refractivity contribution < 1.29 is 14.3 Å². The summed E-state index contributed by atoms with van der Waals surface area (Å²) in [4.78, 5) is 12.7. The van der Waals surface area contributed by atoms with E-state index in [1.807, 2.05) is 13.0 Å². The molecule has 2 aliphatic rings. The van der Waals surface area contributed by atoms with E-state index < -0.39 is 11.4 Å². The standard InChI is InChI=1S/C19H26O3Se/c1-17(2,3)18(4)21-16(20)19(22-18)12-8-9-14(19)13-23-15-10-6-5-7-11-15/h5-7,10-11,14H,8-9,12-13H2,1-4H3/t14?,18-,19+/m1/s1. The van der Waals surface area contributed by atoms with E-state index in [0.717, 1.165) is 24.6 Å². The maximum absolute atomic E-state index is 12.7. The van der Waals surface area contributed by atoms with Crippen molar-refractivity contribution in [1.29, 1.82) is 0 Å². The van der Waals surface area contributed by atoms with Crippen molar-refractivity contribution in [3.8, 4) is 0 Å². The number of hydrogen-bond donors (Lipinski definition) is 0. The van der Waals surface area contributed by atoms with E-state index in [2.05, 4.69) is 45.0 Å². The minimum absolute atomic E-state index is 0.138. The normalized spacial score (nSPS) is 34.1. The van der Waals surface area contributed by atoms with Gasteiger partial charge in [-0.15, -0.1) is 0 Å². The third kappa shape index (κ3) is 2.97. The van der Waals surface area contributed by atoms with E-state index >= 15 is 0 Å². The van der Waals surface area contributed by atoms with Crippen LogP contribution in [0.3, 0.4) is 0 Å². The number of rotatable bonds is 3. The van der Waals surface area contributed by atoms with Crippen LogP contribution in [0.25, 0.3) is 0 Å². The second kappa shape index (κ2) is 5.91. The van der Waals surface area contributed by atoms with Crippen molar-refractivity contribution in [2.24, 2.45) is 11.3 Å². The van der Waals surface area contributed by atoms with Crippen molar-refractivity contribution in [3.05, 3.63) is 30.3 Å². The first kappa shape index (κ1) is 17.0. The molecule has 1 aliphatic heterocycles. The van der Waals surface area contributed by atoms with E-state index in [0.29, 0.717) is 15.0 Å². The van der Waals surface area contributed by atoms with Gasteiger partial charge in [-0.1, -0.05) is 0 Å². The molecule has 23 heavy (non-hydrogen) atoms. The Hall–Kier alpha value is -0.831. The van der Waals surface area contributed by atoms with Crippen molar-refractivity contribution in [1.82, 2.24) is 0 Å². The van der Waals surface area contributed by atoms with E-state index in [-0.39, 0.29) is 17.3 Å². The molecular weight excluding hydrogens is 355 g/mol. The number of hydrogen-bond acceptors (Lipinski definition) is 3. The van der Waals surface area contributed by atoms with Crippen LogP contribution < -0.4 is 4.46 Å². The fourth-order valence-corrected chi connectivity index (χ4v) is 5.84. The molecule has 3 rings (SSSR count). The van der Waals surface area contributed by atoms with Gasteiger partial charge in [0.1, 0.15) is 0 Å². The molecule has 2 fully saturated rings. The van der Waals surface area contributed by atoms with Crippen LogP contribution in [0, 0.1) is 11.3 Å². The van der Waals surface area contributed by atoms with Crippen LogP contribution >= 0.6 is 0 Å². The first-order chi connectivity index (χ1) is 10.8. The summed E-state index contributed by atoms with van der Waals surface area (Å²) in [6, 6.07) is 10.6. The summed E-state index contributed by atoms with van der Waals surface area (Å²) in [5.41, 5.74) is -0.942. The van der Waals surface area contributed by atoms with Gasteiger partial charge in [0, 0.05) is 0 Å². The van der Waals surface area contributed by atoms with Gasteiger partial charge in [0.05, 0.1) is 0 Å². The van der Waals surface area contributed by atoms with Crippen LogP contribution in [0.1, 0.15) is 47.0 Å². The molecule has 1 saturated carbocycles. The number of esters is 1. The Morgan fingerprint density at radius 3 is 2.57 bits per heavy atom. The molecule has 1 aromatic carbocycles. The van der Waals surface area contributed by atoms with E-state index in [9.17, 15) is 4.79 Å². The van der Waals surface area contributed by atoms with Gasteiger partial charge in [0.25, 0.3) is 0 Å². The summed E-state index contributed by atoms with van der Waals surface area (Å²) in [5, 5.41) is 1.03. The SMILES string of the molecule is CC(C)(C)[C@]1(C)OC(=O)[C@@]2(CCCC2C[Se]c2ccccc2)O1. The van der Waals surface area contributed by atoms with Gasteiger partial charge < -0.3 is 0 Å². The molecule has 1 spiro atoms. The Morgan fingerprint density at radius 2 is 1.96 bits per heavy atom. The fraction of sp³-hybridized carbons (Fsp3) is 0.632. The number of ether oxygens (including phenoxy) is 2. The molecule has 3 nitrogen and oxygen atoms in total. The monoisotopic (exact) mass is 382 g/mol. The second-order valence-electron chi connectivity index (χ2n) is 7.79. The number of carbonyl (C=O) groups excluding carboxylic acids is 1. The van der Waals surface area contributed by atoms with Gasteiger partial charge in [-0.3, -0.25) is 0 Å². The maximum atomic E-state index is 12.7. The molecule has 0 bridgehead atoms. The zero-order chi connectivity index (χ0) is 16.7. The van der Waals surface area contributed by atoms with Crippen molar-refractivity contribution in [2.75, 3.05) is 0 Å². The van der Waals surface area contributed by atoms with Crippen LogP contribution in [0.2, 0.25) is 5.32 Å². The molecule has 126 valence electrons. The number of cyclic esters (lactones) is 1. The summed E-state index contributed by atoms with van der Waals surface area (Å²) >= 11 is 0.369. The minimum atomic E-state index is -0.827. The third-order valence-corrected chi connectivity index (χ3v) is 7.79. The summed E-state index contributed by atoms with van der Waals surface area (Å²) < 4.78 is 13.6. The topological polar surface area (TPSA) is 35.5 Å². The molecule has 1 saturated heterocycles. The van der Waals surface area contributed by atoms with E-state index in [1.165, 1.54) is 4.46 Å². The molecule has 0 aromatic heterocycles. The number of benzene rings is 1. The third-order valence-electron chi connectivity index (χ3n) is 5.33. The van der Waals surface area contributed by atoms with Gasteiger partial charge in [0.2, 0.25) is 0 Å². The molecule has 1 unspecified atom stereocenters. The average Bonchev–Trinajstić information content (AvgIpc) is 3.00. The van der Waals surface area contributed by atoms with Crippen LogP contribution in [0.4, 0.5) is 0 Å². The van der Waals surface area contributed by atoms with Crippen LogP contribution in [-0.2, 0) is 14.3 Å². The molecule has 1 aromatic rings. The molecule has 4 heteroatoms. The average molecular weight is 381 g/mol. The van der Waals surface area contributed by atoms with Gasteiger partial charge in [-0.25, -0.2) is 0 Å². The van der Waals surface area contributed by atoms with Gasteiger partial charge in [0.15, 0.2) is 0 Å². The van der Waals surface area contributed by atoms with Crippen molar-refractivity contribution in [3.63, 3.8) is 0 Å². The zero-order valence-electron chi connectivity index (χ0n) is 14.4. The Bertz CT molecular complexity index is 580. The molecule has 1 aliphatic carbocycles. The molecule has 3 atom stereocenters. The Balaban J connectivity index is 1.77. The Kier molecular flexibility index (Phi) is 4.37. The van der Waals surface area contributed by atoms with E-state index in [1.54, 1.807) is 0 Å². The summed E-state index contributed by atoms with van der Waals surface area (Å²) in [6.07, 6.45) is 2.90. The quantitative estimate of drug-likeness (QED) is 0.595. The van der Waals surface area contributed by atoms with E-state index in [4.69, 9.17) is 9.47 Å². The predicted octanol–water partition coefficient (Wildman–Crippen LogP) is 3.31. The second-order valence-corrected chi connectivity index (χ2v) is 10.1. The Labute approximate surface area is 145 Å². The molecular formula is C19H26O3Se. The predicted molar refractivity (Wildman–Crippen MR) is 91.7 cm³/mol. The summed E-state index contributed by atoms with van der Waals surface area (Å²) in [7, 11) is 0. The molecule has 1 heterocycles. The molecule has 0 amide bonds. The van der Waals surface area contributed by atoms with Crippen LogP contribution in [-0.4, -0.2) is 32.3 Å². The van der Waals surface area contributed by atoms with Crippen molar-refractivity contribution >= 4 is 25.4 Å². The van der Waals surface area contributed by atoms with Crippen molar-refractivity contribution in [2.45, 2.75) is 63.7 Å². The summed E-state index contributed by atoms with van der Waals surface area (Å²) in [5.74, 6) is -0.687. The van der Waals surface area contributed by atoms with Gasteiger partial charge in [-0.2, -0.15) is 0 Å². The Morgan fingerprint density at radius 1 is 1.26 bits per heavy atom. The molecule has 0 radical (unpaired) electrons. The fourth-order valence-electron chi connectivity index (χ4n) is 3.36. The van der Waals surface area contributed by atoms with Crippen LogP contribution in [0.5, 0.6) is 0 Å². The molecule has 0 N–H and O–H groups in total. The number of carbonyl (C=O) groups is 1.